The molecule has 1 saturated carbocycles. The second kappa shape index (κ2) is 13.2. The van der Waals surface area contributed by atoms with Crippen LogP contribution in [0, 0.1) is 23.7 Å². The third-order valence-corrected chi connectivity index (χ3v) is 5.23. The van der Waals surface area contributed by atoms with E-state index in [0.717, 1.165) is 57.3 Å². The normalized spacial score (nSPS) is 20.4. The smallest absolute Gasteiger partial charge is 0.308 e. The molecule has 0 spiro atoms. The highest BCUT2D eigenvalue weighted by Gasteiger charge is 2.31. The first-order valence-electron chi connectivity index (χ1n) is 10.7. The minimum Gasteiger partial charge on any atom is -0.465 e. The Bertz CT molecular complexity index is 395. The Kier molecular flexibility index (Phi) is 11.6. The molecule has 0 heterocycles. The van der Waals surface area contributed by atoms with E-state index in [0.29, 0.717) is 19.1 Å². The van der Waals surface area contributed by atoms with Gasteiger partial charge in [0.2, 0.25) is 0 Å². The molecule has 0 saturated heterocycles. The van der Waals surface area contributed by atoms with Crippen LogP contribution < -0.4 is 0 Å². The van der Waals surface area contributed by atoms with Crippen LogP contribution >= 0.6 is 0 Å². The van der Waals surface area contributed by atoms with Crippen LogP contribution in [0.4, 0.5) is 0 Å². The van der Waals surface area contributed by atoms with E-state index < -0.39 is 0 Å². The Hall–Kier alpha value is -1.06. The van der Waals surface area contributed by atoms with E-state index in [2.05, 4.69) is 27.7 Å². The van der Waals surface area contributed by atoms with Gasteiger partial charge in [0.25, 0.3) is 0 Å². The molecule has 0 aromatic carbocycles. The number of ether oxygens (including phenoxy) is 2. The number of rotatable bonds is 12. The van der Waals surface area contributed by atoms with E-state index in [-0.39, 0.29) is 23.8 Å². The fourth-order valence-corrected chi connectivity index (χ4v) is 3.47. The van der Waals surface area contributed by atoms with Crippen LogP contribution in [0.5, 0.6) is 0 Å². The zero-order valence-electron chi connectivity index (χ0n) is 17.4. The molecule has 4 heteroatoms. The van der Waals surface area contributed by atoms with Crippen LogP contribution in [-0.4, -0.2) is 25.2 Å². The van der Waals surface area contributed by atoms with Crippen LogP contribution in [0.25, 0.3) is 0 Å². The molecule has 0 aromatic heterocycles. The van der Waals surface area contributed by atoms with Gasteiger partial charge in [0.05, 0.1) is 25.0 Å². The van der Waals surface area contributed by atoms with Crippen LogP contribution in [0.15, 0.2) is 0 Å². The maximum absolute atomic E-state index is 12.2. The number of esters is 2. The fourth-order valence-electron chi connectivity index (χ4n) is 3.47. The lowest BCUT2D eigenvalue weighted by Crippen LogP contribution is -2.28. The van der Waals surface area contributed by atoms with Gasteiger partial charge in [0, 0.05) is 0 Å². The second-order valence-electron chi connectivity index (χ2n) is 8.66. The van der Waals surface area contributed by atoms with Crippen molar-refractivity contribution in [2.24, 2.45) is 23.7 Å². The van der Waals surface area contributed by atoms with E-state index >= 15 is 0 Å². The van der Waals surface area contributed by atoms with Crippen LogP contribution in [0.2, 0.25) is 0 Å². The van der Waals surface area contributed by atoms with Gasteiger partial charge >= 0.3 is 11.9 Å². The summed E-state index contributed by atoms with van der Waals surface area (Å²) >= 11 is 0. The minimum atomic E-state index is -0.0780. The first-order chi connectivity index (χ1) is 12.4. The molecule has 0 amide bonds. The zero-order valence-corrected chi connectivity index (χ0v) is 17.4. The molecular formula is C22H40O4. The summed E-state index contributed by atoms with van der Waals surface area (Å²) in [5.74, 6) is 1.17. The highest BCUT2D eigenvalue weighted by Crippen LogP contribution is 2.30. The predicted molar refractivity (Wildman–Crippen MR) is 105 cm³/mol. The van der Waals surface area contributed by atoms with Crippen molar-refractivity contribution >= 4 is 11.9 Å². The standard InChI is InChI=1S/C22H40O4/c1-17(2)9-6-5-7-15-25-21(23)19-11-13-20(14-12-19)22(24)26-16-8-10-18(3)4/h17-20H,5-16H2,1-4H3. The summed E-state index contributed by atoms with van der Waals surface area (Å²) in [6, 6.07) is 0. The molecule has 4 nitrogen and oxygen atoms in total. The molecule has 0 N–H and O–H groups in total. The van der Waals surface area contributed by atoms with E-state index in [1.165, 1.54) is 12.8 Å². The molecule has 0 aromatic rings. The molecule has 0 bridgehead atoms. The average Bonchev–Trinajstić information content (AvgIpc) is 2.61. The Morgan fingerprint density at radius 3 is 1.58 bits per heavy atom. The number of carbonyl (C=O) groups excluding carboxylic acids is 2. The lowest BCUT2D eigenvalue weighted by atomic mass is 9.82. The number of hydrogen-bond acceptors (Lipinski definition) is 4. The Balaban J connectivity index is 2.10. The molecule has 152 valence electrons. The minimum absolute atomic E-state index is 0.0318. The summed E-state index contributed by atoms with van der Waals surface area (Å²) in [5.41, 5.74) is 0. The summed E-state index contributed by atoms with van der Waals surface area (Å²) in [6.45, 7) is 9.88. The predicted octanol–water partition coefficient (Wildman–Crippen LogP) is 5.53. The Morgan fingerprint density at radius 1 is 0.692 bits per heavy atom. The van der Waals surface area contributed by atoms with Crippen LogP contribution in [0.1, 0.15) is 91.9 Å². The summed E-state index contributed by atoms with van der Waals surface area (Å²) in [5, 5.41) is 0. The van der Waals surface area contributed by atoms with Gasteiger partial charge < -0.3 is 9.47 Å². The molecule has 1 aliphatic rings. The van der Waals surface area contributed by atoms with Crippen molar-refractivity contribution < 1.29 is 19.1 Å². The molecule has 0 atom stereocenters. The van der Waals surface area contributed by atoms with Crippen molar-refractivity contribution in [3.8, 4) is 0 Å². The van der Waals surface area contributed by atoms with Gasteiger partial charge in [-0.25, -0.2) is 0 Å². The third-order valence-electron chi connectivity index (χ3n) is 5.23. The largest absolute Gasteiger partial charge is 0.465 e. The zero-order chi connectivity index (χ0) is 19.4. The average molecular weight is 369 g/mol. The molecule has 26 heavy (non-hydrogen) atoms. The van der Waals surface area contributed by atoms with Gasteiger partial charge in [-0.05, 0) is 56.8 Å². The molecule has 1 fully saturated rings. The number of carbonyl (C=O) groups is 2. The van der Waals surface area contributed by atoms with Gasteiger partial charge in [-0.15, -0.1) is 0 Å². The molecule has 1 rings (SSSR count). The SMILES string of the molecule is CC(C)CCCCCOC(=O)C1CCC(C(=O)OCCCC(C)C)CC1. The second-order valence-corrected chi connectivity index (χ2v) is 8.66. The van der Waals surface area contributed by atoms with Crippen molar-refractivity contribution in [3.63, 3.8) is 0 Å². The topological polar surface area (TPSA) is 52.6 Å². The summed E-state index contributed by atoms with van der Waals surface area (Å²) in [4.78, 5) is 24.3. The van der Waals surface area contributed by atoms with Gasteiger partial charge in [-0.3, -0.25) is 9.59 Å². The lowest BCUT2D eigenvalue weighted by Gasteiger charge is -2.26. The van der Waals surface area contributed by atoms with Crippen LogP contribution in [0.3, 0.4) is 0 Å². The molecule has 0 aliphatic heterocycles. The number of hydrogen-bond donors (Lipinski definition) is 0. The Labute approximate surface area is 160 Å². The lowest BCUT2D eigenvalue weighted by molar-refractivity contribution is -0.155. The first kappa shape index (κ1) is 23.0. The van der Waals surface area contributed by atoms with Gasteiger partial charge in [0.15, 0.2) is 0 Å². The van der Waals surface area contributed by atoms with Crippen molar-refractivity contribution in [2.45, 2.75) is 91.9 Å². The van der Waals surface area contributed by atoms with Crippen LogP contribution in [-0.2, 0) is 19.1 Å². The van der Waals surface area contributed by atoms with Crippen molar-refractivity contribution in [2.75, 3.05) is 13.2 Å². The molecular weight excluding hydrogens is 328 g/mol. The monoisotopic (exact) mass is 368 g/mol. The summed E-state index contributed by atoms with van der Waals surface area (Å²) in [6.07, 6.45) is 9.54. The van der Waals surface area contributed by atoms with Crippen molar-refractivity contribution in [1.29, 1.82) is 0 Å². The summed E-state index contributed by atoms with van der Waals surface area (Å²) in [7, 11) is 0. The molecule has 1 aliphatic carbocycles. The molecule has 0 unspecified atom stereocenters. The summed E-state index contributed by atoms with van der Waals surface area (Å²) < 4.78 is 10.8. The quantitative estimate of drug-likeness (QED) is 0.335. The van der Waals surface area contributed by atoms with Gasteiger partial charge in [0.1, 0.15) is 0 Å². The maximum Gasteiger partial charge on any atom is 0.308 e. The van der Waals surface area contributed by atoms with Gasteiger partial charge in [-0.2, -0.15) is 0 Å². The maximum atomic E-state index is 12.2. The van der Waals surface area contributed by atoms with Gasteiger partial charge in [-0.1, -0.05) is 47.0 Å². The highest BCUT2D eigenvalue weighted by molar-refractivity contribution is 5.75. The van der Waals surface area contributed by atoms with E-state index in [1.807, 2.05) is 0 Å². The molecule has 0 radical (unpaired) electrons. The highest BCUT2D eigenvalue weighted by atomic mass is 16.5. The van der Waals surface area contributed by atoms with E-state index in [4.69, 9.17) is 9.47 Å². The third kappa shape index (κ3) is 10.2. The van der Waals surface area contributed by atoms with E-state index in [1.54, 1.807) is 0 Å². The van der Waals surface area contributed by atoms with Crippen molar-refractivity contribution in [1.82, 2.24) is 0 Å². The van der Waals surface area contributed by atoms with E-state index in [9.17, 15) is 9.59 Å². The Morgan fingerprint density at radius 2 is 1.12 bits per heavy atom. The first-order valence-corrected chi connectivity index (χ1v) is 10.7. The van der Waals surface area contributed by atoms with Crippen molar-refractivity contribution in [3.05, 3.63) is 0 Å². The fraction of sp³-hybridized carbons (Fsp3) is 0.909. The number of unbranched alkanes of at least 4 members (excludes halogenated alkanes) is 2.